The predicted molar refractivity (Wildman–Crippen MR) is 65.1 cm³/mol. The summed E-state index contributed by atoms with van der Waals surface area (Å²) in [6.07, 6.45) is 1.85. The van der Waals surface area contributed by atoms with Crippen LogP contribution in [0.1, 0.15) is 19.8 Å². The van der Waals surface area contributed by atoms with Gasteiger partial charge in [0.2, 0.25) is 5.91 Å². The number of hydrogen-bond donors (Lipinski definition) is 2. The first-order chi connectivity index (χ1) is 8.99. The van der Waals surface area contributed by atoms with Gasteiger partial charge in [0.15, 0.2) is 11.6 Å². The van der Waals surface area contributed by atoms with E-state index in [9.17, 15) is 18.0 Å². The Bertz CT molecular complexity index is 493. The van der Waals surface area contributed by atoms with Crippen LogP contribution in [0.3, 0.4) is 0 Å². The van der Waals surface area contributed by atoms with Gasteiger partial charge in [0.1, 0.15) is 5.82 Å². The Balaban J connectivity index is 2.14. The molecule has 2 unspecified atom stereocenters. The second kappa shape index (κ2) is 5.61. The van der Waals surface area contributed by atoms with Crippen molar-refractivity contribution in [3.8, 4) is 0 Å². The molecule has 3 nitrogen and oxygen atoms in total. The average molecular weight is 272 g/mol. The highest BCUT2D eigenvalue weighted by molar-refractivity contribution is 5.95. The molecule has 19 heavy (non-hydrogen) atoms. The van der Waals surface area contributed by atoms with Crippen molar-refractivity contribution in [2.24, 2.45) is 5.92 Å². The Kier molecular flexibility index (Phi) is 4.09. The lowest BCUT2D eigenvalue weighted by Gasteiger charge is -2.28. The van der Waals surface area contributed by atoms with Crippen molar-refractivity contribution >= 4 is 11.6 Å². The Labute approximate surface area is 109 Å². The Morgan fingerprint density at radius 1 is 1.37 bits per heavy atom. The summed E-state index contributed by atoms with van der Waals surface area (Å²) in [6.45, 7) is 2.60. The molecule has 0 aliphatic carbocycles. The number of hydrogen-bond acceptors (Lipinski definition) is 2. The zero-order valence-electron chi connectivity index (χ0n) is 10.5. The zero-order valence-corrected chi connectivity index (χ0v) is 10.5. The molecule has 6 heteroatoms. The van der Waals surface area contributed by atoms with E-state index in [-0.39, 0.29) is 5.92 Å². The fourth-order valence-electron chi connectivity index (χ4n) is 2.26. The van der Waals surface area contributed by atoms with Crippen molar-refractivity contribution < 1.29 is 18.0 Å². The zero-order chi connectivity index (χ0) is 14.0. The van der Waals surface area contributed by atoms with Crippen LogP contribution in [0.25, 0.3) is 0 Å². The number of amides is 1. The van der Waals surface area contributed by atoms with E-state index in [0.717, 1.165) is 18.9 Å². The minimum atomic E-state index is -1.32. The van der Waals surface area contributed by atoms with Crippen LogP contribution < -0.4 is 10.6 Å². The molecule has 104 valence electrons. The molecule has 1 aromatic rings. The molecule has 1 heterocycles. The fourth-order valence-corrected chi connectivity index (χ4v) is 2.26. The second-order valence-corrected chi connectivity index (χ2v) is 4.79. The van der Waals surface area contributed by atoms with Gasteiger partial charge in [-0.25, -0.2) is 13.2 Å². The maximum absolute atomic E-state index is 13.4. The van der Waals surface area contributed by atoms with Gasteiger partial charge >= 0.3 is 0 Å². The first-order valence-electron chi connectivity index (χ1n) is 6.18. The molecule has 0 aromatic heterocycles. The van der Waals surface area contributed by atoms with Gasteiger partial charge in [-0.05, 0) is 25.3 Å². The third-order valence-electron chi connectivity index (χ3n) is 3.30. The van der Waals surface area contributed by atoms with E-state index in [2.05, 4.69) is 10.6 Å². The standard InChI is InChI=1S/C13H15F3N2O/c1-7-3-2-4-17-12(7)13(19)18-10-6-8(14)5-9(15)11(10)16/h5-7,12,17H,2-4H2,1H3,(H,18,19). The molecule has 1 saturated heterocycles. The highest BCUT2D eigenvalue weighted by Gasteiger charge is 2.28. The molecular formula is C13H15F3N2O. The molecule has 2 atom stereocenters. The van der Waals surface area contributed by atoms with E-state index in [1.54, 1.807) is 0 Å². The predicted octanol–water partition coefficient (Wildman–Crippen LogP) is 2.43. The number of anilines is 1. The van der Waals surface area contributed by atoms with E-state index in [1.165, 1.54) is 0 Å². The van der Waals surface area contributed by atoms with Gasteiger partial charge in [-0.1, -0.05) is 6.92 Å². The summed E-state index contributed by atoms with van der Waals surface area (Å²) in [4.78, 5) is 12.0. The lowest BCUT2D eigenvalue weighted by molar-refractivity contribution is -0.119. The fraction of sp³-hybridized carbons (Fsp3) is 0.462. The van der Waals surface area contributed by atoms with E-state index in [0.29, 0.717) is 12.6 Å². The maximum Gasteiger partial charge on any atom is 0.241 e. The van der Waals surface area contributed by atoms with Crippen LogP contribution in [0.4, 0.5) is 18.9 Å². The summed E-state index contributed by atoms with van der Waals surface area (Å²) in [5.41, 5.74) is -0.470. The van der Waals surface area contributed by atoms with Crippen molar-refractivity contribution in [1.82, 2.24) is 5.32 Å². The van der Waals surface area contributed by atoms with Crippen molar-refractivity contribution in [2.75, 3.05) is 11.9 Å². The van der Waals surface area contributed by atoms with Crippen LogP contribution in [0.5, 0.6) is 0 Å². The van der Waals surface area contributed by atoms with Crippen LogP contribution in [-0.4, -0.2) is 18.5 Å². The Morgan fingerprint density at radius 3 is 2.79 bits per heavy atom. The summed E-state index contributed by atoms with van der Waals surface area (Å²) >= 11 is 0. The van der Waals surface area contributed by atoms with Gasteiger partial charge in [-0.2, -0.15) is 0 Å². The van der Waals surface area contributed by atoms with Gasteiger partial charge < -0.3 is 10.6 Å². The van der Waals surface area contributed by atoms with Crippen LogP contribution in [0.2, 0.25) is 0 Å². The second-order valence-electron chi connectivity index (χ2n) is 4.79. The van der Waals surface area contributed by atoms with Crippen molar-refractivity contribution in [1.29, 1.82) is 0 Å². The molecule has 1 aliphatic rings. The smallest absolute Gasteiger partial charge is 0.241 e. The van der Waals surface area contributed by atoms with Gasteiger partial charge in [-0.15, -0.1) is 0 Å². The largest absolute Gasteiger partial charge is 0.322 e. The summed E-state index contributed by atoms with van der Waals surface area (Å²) in [5, 5.41) is 5.25. The van der Waals surface area contributed by atoms with E-state index in [4.69, 9.17) is 0 Å². The molecular weight excluding hydrogens is 257 g/mol. The van der Waals surface area contributed by atoms with Gasteiger partial charge in [-0.3, -0.25) is 4.79 Å². The van der Waals surface area contributed by atoms with Crippen molar-refractivity contribution in [2.45, 2.75) is 25.8 Å². The van der Waals surface area contributed by atoms with Crippen LogP contribution in [-0.2, 0) is 4.79 Å². The van der Waals surface area contributed by atoms with Gasteiger partial charge in [0.25, 0.3) is 0 Å². The number of benzene rings is 1. The number of carbonyl (C=O) groups excluding carboxylic acids is 1. The molecule has 1 amide bonds. The number of piperidine rings is 1. The maximum atomic E-state index is 13.4. The Morgan fingerprint density at radius 2 is 2.11 bits per heavy atom. The first kappa shape index (κ1) is 13.9. The summed E-state index contributed by atoms with van der Waals surface area (Å²) in [7, 11) is 0. The number of carbonyl (C=O) groups is 1. The molecule has 1 aliphatic heterocycles. The average Bonchev–Trinajstić information content (AvgIpc) is 2.35. The summed E-state index contributed by atoms with van der Waals surface area (Å²) in [5.74, 6) is -3.89. The van der Waals surface area contributed by atoms with E-state index < -0.39 is 35.1 Å². The molecule has 1 aromatic carbocycles. The molecule has 1 fully saturated rings. The topological polar surface area (TPSA) is 41.1 Å². The molecule has 2 rings (SSSR count). The highest BCUT2D eigenvalue weighted by Crippen LogP contribution is 2.21. The Hall–Kier alpha value is -1.56. The summed E-state index contributed by atoms with van der Waals surface area (Å²) in [6, 6.07) is 0.732. The van der Waals surface area contributed by atoms with Crippen molar-refractivity contribution in [3.05, 3.63) is 29.6 Å². The van der Waals surface area contributed by atoms with Gasteiger partial charge in [0, 0.05) is 12.1 Å². The van der Waals surface area contributed by atoms with Gasteiger partial charge in [0.05, 0.1) is 11.7 Å². The normalized spacial score (nSPS) is 23.2. The lowest BCUT2D eigenvalue weighted by atomic mass is 9.92. The highest BCUT2D eigenvalue weighted by atomic mass is 19.2. The number of nitrogens with one attached hydrogen (secondary N) is 2. The quantitative estimate of drug-likeness (QED) is 0.812. The van der Waals surface area contributed by atoms with Crippen molar-refractivity contribution in [3.63, 3.8) is 0 Å². The molecule has 0 saturated carbocycles. The van der Waals surface area contributed by atoms with Crippen LogP contribution in [0.15, 0.2) is 12.1 Å². The number of halogens is 3. The number of rotatable bonds is 2. The lowest BCUT2D eigenvalue weighted by Crippen LogP contribution is -2.48. The third kappa shape index (κ3) is 3.07. The molecule has 2 N–H and O–H groups in total. The van der Waals surface area contributed by atoms with E-state index >= 15 is 0 Å². The minimum Gasteiger partial charge on any atom is -0.322 e. The summed E-state index contributed by atoms with van der Waals surface area (Å²) < 4.78 is 39.5. The third-order valence-corrected chi connectivity index (χ3v) is 3.30. The SMILES string of the molecule is CC1CCCNC1C(=O)Nc1cc(F)cc(F)c1F. The molecule has 0 bridgehead atoms. The van der Waals surface area contributed by atoms with E-state index in [1.807, 2.05) is 6.92 Å². The molecule has 0 radical (unpaired) electrons. The monoisotopic (exact) mass is 272 g/mol. The minimum absolute atomic E-state index is 0.0928. The molecule has 0 spiro atoms. The van der Waals surface area contributed by atoms with Crippen LogP contribution >= 0.6 is 0 Å². The van der Waals surface area contributed by atoms with Crippen LogP contribution in [0, 0.1) is 23.4 Å². The first-order valence-corrected chi connectivity index (χ1v) is 6.18.